The van der Waals surface area contributed by atoms with Crippen LogP contribution in [0.2, 0.25) is 0 Å². The van der Waals surface area contributed by atoms with Gasteiger partial charge in [0.25, 0.3) is 0 Å². The average Bonchev–Trinajstić information content (AvgIpc) is 2.31. The average molecular weight is 237 g/mol. The minimum absolute atomic E-state index is 0. The van der Waals surface area contributed by atoms with Gasteiger partial charge < -0.3 is 17.4 Å². The number of aromatic nitrogens is 2. The van der Waals surface area contributed by atoms with Gasteiger partial charge in [0.05, 0.1) is 5.69 Å². The van der Waals surface area contributed by atoms with Gasteiger partial charge in [0.1, 0.15) is 5.82 Å². The zero-order chi connectivity index (χ0) is 7.40. The molecule has 1 heterocycles. The van der Waals surface area contributed by atoms with Gasteiger partial charge in [-0.2, -0.15) is 0 Å². The Morgan fingerprint density at radius 2 is 2.08 bits per heavy atom. The zero-order valence-electron chi connectivity index (χ0n) is 8.01. The number of hydrogen-bond donors (Lipinski definition) is 1. The van der Waals surface area contributed by atoms with Gasteiger partial charge in [0.15, 0.2) is 0 Å². The molecule has 0 aliphatic carbocycles. The summed E-state index contributed by atoms with van der Waals surface area (Å²) in [5.74, 6) is 1.02. The first kappa shape index (κ1) is 19.0. The third-order valence-corrected chi connectivity index (χ3v) is 1.55. The van der Waals surface area contributed by atoms with Crippen molar-refractivity contribution in [2.75, 3.05) is 0 Å². The Balaban J connectivity index is -0.000000333. The summed E-state index contributed by atoms with van der Waals surface area (Å²) in [6.45, 7) is 4.18. The molecule has 1 N–H and O–H groups in total. The monoisotopic (exact) mass is 236 g/mol. The molecule has 1 aromatic rings. The van der Waals surface area contributed by atoms with Crippen molar-refractivity contribution in [1.82, 2.24) is 9.97 Å². The molecule has 0 unspecified atom stereocenters. The largest absolute Gasteiger partial charge is 1.00 e. The van der Waals surface area contributed by atoms with Gasteiger partial charge in [-0.15, -0.1) is 12.4 Å². The normalized spacial score (nSPS) is 7.85. The maximum absolute atomic E-state index is 4.29. The zero-order valence-corrected chi connectivity index (χ0v) is 10.7. The quantitative estimate of drug-likeness (QED) is 0.678. The molecule has 13 heavy (non-hydrogen) atoms. The molecule has 1 aromatic heterocycles. The molecule has 0 aliphatic rings. The summed E-state index contributed by atoms with van der Waals surface area (Å²) in [5.41, 5.74) is 1.19. The van der Waals surface area contributed by atoms with Crippen molar-refractivity contribution < 1.29 is 12.4 Å². The fraction of sp³-hybridized carbons (Fsp3) is 0.625. The van der Waals surface area contributed by atoms with Crippen molar-refractivity contribution in [3.8, 4) is 0 Å². The molecule has 0 saturated heterocycles. The molecule has 0 atom stereocenters. The van der Waals surface area contributed by atoms with Gasteiger partial charge in [-0.3, -0.25) is 0 Å². The third-order valence-electron chi connectivity index (χ3n) is 1.55. The van der Waals surface area contributed by atoms with Crippen LogP contribution in [0.4, 0.5) is 0 Å². The van der Waals surface area contributed by atoms with Gasteiger partial charge in [0.2, 0.25) is 0 Å². The van der Waals surface area contributed by atoms with E-state index in [0.717, 1.165) is 12.2 Å². The van der Waals surface area contributed by atoms with Crippen molar-refractivity contribution in [3.05, 3.63) is 17.7 Å². The number of aryl methyl sites for hydroxylation is 2. The van der Waals surface area contributed by atoms with E-state index in [1.807, 2.05) is 13.1 Å². The van der Waals surface area contributed by atoms with Crippen LogP contribution in [0.15, 0.2) is 6.20 Å². The minimum atomic E-state index is 0. The van der Waals surface area contributed by atoms with Crippen LogP contribution in [-0.2, 0) is 6.42 Å². The molecule has 2 radical (unpaired) electrons. The molecular formula is C8H15AlCl2N2. The number of rotatable bonds is 3. The summed E-state index contributed by atoms with van der Waals surface area (Å²) in [6.07, 6.45) is 5.59. The summed E-state index contributed by atoms with van der Waals surface area (Å²) >= 11 is 0. The second-order valence-corrected chi connectivity index (χ2v) is 2.58. The number of H-pyrrole nitrogens is 1. The van der Waals surface area contributed by atoms with Gasteiger partial charge in [-0.25, -0.2) is 4.98 Å². The number of imidazole rings is 1. The fourth-order valence-corrected chi connectivity index (χ4v) is 0.954. The van der Waals surface area contributed by atoms with E-state index < -0.39 is 0 Å². The van der Waals surface area contributed by atoms with E-state index in [1.165, 1.54) is 18.5 Å². The number of hydrogen-bond acceptors (Lipinski definition) is 1. The standard InChI is InChI=1S/C8H14N2.Al.2ClH/c1-3-4-5-8-6-9-7(2)10-8;;;/h6H,3-5H2,1-2H3,(H,9,10);;2*1H/q;+1;;/p-1. The Labute approximate surface area is 103 Å². The van der Waals surface area contributed by atoms with Crippen molar-refractivity contribution in [2.45, 2.75) is 33.1 Å². The van der Waals surface area contributed by atoms with Crippen LogP contribution >= 0.6 is 12.4 Å². The predicted molar refractivity (Wildman–Crippen MR) is 54.9 cm³/mol. The Morgan fingerprint density at radius 3 is 2.46 bits per heavy atom. The van der Waals surface area contributed by atoms with Gasteiger partial charge >= 0.3 is 17.4 Å². The Hall–Kier alpha value is 0.322. The van der Waals surface area contributed by atoms with Crippen molar-refractivity contribution >= 4 is 29.8 Å². The maximum Gasteiger partial charge on any atom is 1.00 e. The van der Waals surface area contributed by atoms with E-state index >= 15 is 0 Å². The van der Waals surface area contributed by atoms with Crippen molar-refractivity contribution in [2.24, 2.45) is 0 Å². The van der Waals surface area contributed by atoms with Crippen LogP contribution in [0.1, 0.15) is 31.3 Å². The van der Waals surface area contributed by atoms with E-state index in [1.54, 1.807) is 0 Å². The van der Waals surface area contributed by atoms with E-state index in [-0.39, 0.29) is 42.2 Å². The van der Waals surface area contributed by atoms with Crippen LogP contribution in [-0.4, -0.2) is 27.3 Å². The van der Waals surface area contributed by atoms with Crippen LogP contribution in [0.5, 0.6) is 0 Å². The third kappa shape index (κ3) is 7.40. The second-order valence-electron chi connectivity index (χ2n) is 2.58. The molecule has 0 aromatic carbocycles. The molecular weight excluding hydrogens is 222 g/mol. The Bertz CT molecular complexity index is 204. The number of halogens is 2. The first-order valence-corrected chi connectivity index (χ1v) is 3.84. The van der Waals surface area contributed by atoms with E-state index in [9.17, 15) is 0 Å². The number of unbranched alkanes of at least 4 members (excludes halogenated alkanes) is 1. The first-order chi connectivity index (χ1) is 4.83. The van der Waals surface area contributed by atoms with Crippen molar-refractivity contribution in [3.63, 3.8) is 0 Å². The molecule has 0 saturated carbocycles. The van der Waals surface area contributed by atoms with E-state index in [4.69, 9.17) is 0 Å². The van der Waals surface area contributed by atoms with Crippen LogP contribution in [0, 0.1) is 6.92 Å². The molecule has 5 heteroatoms. The Morgan fingerprint density at radius 1 is 1.46 bits per heavy atom. The minimum Gasteiger partial charge on any atom is -1.00 e. The summed E-state index contributed by atoms with van der Waals surface area (Å²) in [6, 6.07) is 0. The maximum atomic E-state index is 4.29. The van der Waals surface area contributed by atoms with Crippen LogP contribution < -0.4 is 12.4 Å². The molecule has 1 rings (SSSR count). The van der Waals surface area contributed by atoms with Gasteiger partial charge in [-0.1, -0.05) is 13.3 Å². The van der Waals surface area contributed by atoms with Crippen molar-refractivity contribution in [1.29, 1.82) is 0 Å². The molecule has 0 amide bonds. The molecule has 2 nitrogen and oxygen atoms in total. The number of nitrogens with one attached hydrogen (secondary N) is 1. The van der Waals surface area contributed by atoms with Gasteiger partial charge in [0, 0.05) is 6.20 Å². The summed E-state index contributed by atoms with van der Waals surface area (Å²) in [7, 11) is 0. The van der Waals surface area contributed by atoms with Crippen LogP contribution in [0.3, 0.4) is 0 Å². The first-order valence-electron chi connectivity index (χ1n) is 3.84. The molecule has 0 spiro atoms. The summed E-state index contributed by atoms with van der Waals surface area (Å²) in [5, 5.41) is 0. The molecule has 0 bridgehead atoms. The molecule has 0 aliphatic heterocycles. The SMILES string of the molecule is CCCCc1c[nH]c(C)n1.Cl.[Al+].[Cl-]. The Kier molecular flexibility index (Phi) is 15.2. The topological polar surface area (TPSA) is 28.7 Å². The second kappa shape index (κ2) is 10.4. The van der Waals surface area contributed by atoms with Crippen LogP contribution in [0.25, 0.3) is 0 Å². The molecule has 0 fully saturated rings. The number of nitrogens with zero attached hydrogens (tertiary/aromatic N) is 1. The van der Waals surface area contributed by atoms with E-state index in [0.29, 0.717) is 0 Å². The molecule has 74 valence electrons. The predicted octanol–water partition coefficient (Wildman–Crippen LogP) is -0.894. The fourth-order valence-electron chi connectivity index (χ4n) is 0.954. The van der Waals surface area contributed by atoms with Gasteiger partial charge in [-0.05, 0) is 19.8 Å². The van der Waals surface area contributed by atoms with E-state index in [2.05, 4.69) is 16.9 Å². The number of aromatic amines is 1. The smallest absolute Gasteiger partial charge is 1.00 e. The summed E-state index contributed by atoms with van der Waals surface area (Å²) < 4.78 is 0. The summed E-state index contributed by atoms with van der Waals surface area (Å²) in [4.78, 5) is 7.36.